The van der Waals surface area contributed by atoms with Crippen molar-refractivity contribution in [3.8, 4) is 5.75 Å². The van der Waals surface area contributed by atoms with Crippen molar-refractivity contribution in [3.63, 3.8) is 0 Å². The Morgan fingerprint density at radius 3 is 2.85 bits per heavy atom. The lowest BCUT2D eigenvalue weighted by Gasteiger charge is -2.19. The van der Waals surface area contributed by atoms with Gasteiger partial charge in [-0.1, -0.05) is 6.07 Å². The Kier molecular flexibility index (Phi) is 5.77. The van der Waals surface area contributed by atoms with Gasteiger partial charge in [-0.15, -0.1) is 0 Å². The molecule has 2 atom stereocenters. The van der Waals surface area contributed by atoms with Crippen LogP contribution in [0.1, 0.15) is 29.7 Å². The number of fused-ring (bicyclic) bond motifs is 1. The molecule has 0 aromatic heterocycles. The molecule has 2 aromatic rings. The number of hydrogen-bond acceptors (Lipinski definition) is 4. The van der Waals surface area contributed by atoms with E-state index < -0.39 is 6.10 Å². The third kappa shape index (κ3) is 4.46. The number of ether oxygens (including phenoxy) is 1. The summed E-state index contributed by atoms with van der Waals surface area (Å²) in [5.41, 5.74) is 9.48. The molecule has 2 aromatic carbocycles. The number of aliphatic hydroxyl groups excluding tert-OH is 1. The smallest absolute Gasteiger partial charge is 0.126 e. The Morgan fingerprint density at radius 1 is 1.33 bits per heavy atom. The monoisotopic (exact) mass is 371 g/mol. The maximum atomic E-state index is 13.3. The second kappa shape index (κ2) is 8.06. The van der Waals surface area contributed by atoms with Gasteiger partial charge in [0, 0.05) is 13.5 Å². The number of aliphatic imine (C=N–C) groups is 1. The first-order chi connectivity index (χ1) is 12.8. The molecule has 0 amide bonds. The van der Waals surface area contributed by atoms with Crippen molar-refractivity contribution in [1.29, 1.82) is 0 Å². The van der Waals surface area contributed by atoms with Crippen LogP contribution in [0.2, 0.25) is 0 Å². The quantitative estimate of drug-likeness (QED) is 0.626. The van der Waals surface area contributed by atoms with Crippen molar-refractivity contribution >= 4 is 11.5 Å². The van der Waals surface area contributed by atoms with Gasteiger partial charge in [-0.2, -0.15) is 0 Å². The van der Waals surface area contributed by atoms with Gasteiger partial charge in [-0.25, -0.2) is 9.38 Å². The Balaban J connectivity index is 1.58. The minimum absolute atomic E-state index is 0.232. The van der Waals surface area contributed by atoms with E-state index in [-0.39, 0.29) is 11.9 Å². The highest BCUT2D eigenvalue weighted by atomic mass is 19.1. The first kappa shape index (κ1) is 19.3. The molecular weight excluding hydrogens is 345 g/mol. The van der Waals surface area contributed by atoms with Gasteiger partial charge < -0.3 is 20.5 Å². The molecule has 27 heavy (non-hydrogen) atoms. The van der Waals surface area contributed by atoms with Gasteiger partial charge in [0.25, 0.3) is 0 Å². The Labute approximate surface area is 159 Å². The highest BCUT2D eigenvalue weighted by Crippen LogP contribution is 2.32. The summed E-state index contributed by atoms with van der Waals surface area (Å²) in [6.07, 6.45) is 0.0785. The maximum absolute atomic E-state index is 13.3. The largest absolute Gasteiger partial charge is 0.492 e. The average molecular weight is 371 g/mol. The molecule has 0 radical (unpaired) electrons. The summed E-state index contributed by atoms with van der Waals surface area (Å²) < 4.78 is 19.0. The van der Waals surface area contributed by atoms with Crippen molar-refractivity contribution in [2.75, 3.05) is 20.2 Å². The number of nitrogens with two attached hydrogens (primary N) is 1. The molecule has 0 bridgehead atoms. The topological polar surface area (TPSA) is 71.1 Å². The second-order valence-electron chi connectivity index (χ2n) is 7.02. The van der Waals surface area contributed by atoms with Gasteiger partial charge in [0.2, 0.25) is 0 Å². The molecule has 0 aliphatic heterocycles. The molecule has 0 unspecified atom stereocenters. The summed E-state index contributed by atoms with van der Waals surface area (Å²) in [7, 11) is 1.95. The van der Waals surface area contributed by atoms with E-state index in [4.69, 9.17) is 10.5 Å². The normalized spacial score (nSPS) is 19.1. The van der Waals surface area contributed by atoms with Crippen molar-refractivity contribution < 1.29 is 14.2 Å². The minimum atomic E-state index is -0.518. The van der Waals surface area contributed by atoms with Crippen LogP contribution >= 0.6 is 0 Å². The third-order valence-corrected chi connectivity index (χ3v) is 5.00. The summed E-state index contributed by atoms with van der Waals surface area (Å²) in [6.45, 7) is 4.77. The van der Waals surface area contributed by atoms with Crippen molar-refractivity contribution in [3.05, 3.63) is 58.9 Å². The highest BCUT2D eigenvalue weighted by Gasteiger charge is 2.27. The van der Waals surface area contributed by atoms with Gasteiger partial charge in [-0.3, -0.25) is 0 Å². The lowest BCUT2D eigenvalue weighted by molar-refractivity contribution is 0.158. The van der Waals surface area contributed by atoms with E-state index in [1.54, 1.807) is 19.1 Å². The molecule has 144 valence electrons. The predicted molar refractivity (Wildman–Crippen MR) is 105 cm³/mol. The molecule has 0 heterocycles. The van der Waals surface area contributed by atoms with E-state index in [0.717, 1.165) is 22.6 Å². The van der Waals surface area contributed by atoms with E-state index in [1.165, 1.54) is 6.07 Å². The Bertz CT molecular complexity index is 853. The molecule has 1 aliphatic rings. The summed E-state index contributed by atoms with van der Waals surface area (Å²) >= 11 is 0. The fraction of sp³-hybridized carbons (Fsp3) is 0.381. The van der Waals surface area contributed by atoms with Gasteiger partial charge >= 0.3 is 0 Å². The number of hydrogen-bond donors (Lipinski definition) is 2. The lowest BCUT2D eigenvalue weighted by atomic mass is 10.1. The number of rotatable bonds is 5. The van der Waals surface area contributed by atoms with E-state index in [2.05, 4.69) is 4.99 Å². The second-order valence-corrected chi connectivity index (χ2v) is 7.02. The van der Waals surface area contributed by atoms with E-state index in [9.17, 15) is 9.50 Å². The molecule has 3 rings (SSSR count). The molecule has 0 spiro atoms. The summed E-state index contributed by atoms with van der Waals surface area (Å²) in [5, 5.41) is 9.90. The van der Waals surface area contributed by atoms with Crippen LogP contribution in [0.25, 0.3) is 0 Å². The van der Waals surface area contributed by atoms with E-state index in [1.807, 2.05) is 37.1 Å². The Morgan fingerprint density at radius 2 is 2.11 bits per heavy atom. The number of likely N-dealkylation sites (N-methyl/N-ethyl adjacent to an activating group) is 1. The van der Waals surface area contributed by atoms with E-state index >= 15 is 0 Å². The maximum Gasteiger partial charge on any atom is 0.126 e. The fourth-order valence-electron chi connectivity index (χ4n) is 3.15. The lowest BCUT2D eigenvalue weighted by Crippen LogP contribution is -2.28. The molecule has 6 heteroatoms. The number of nitrogens with zero attached hydrogens (tertiary/aromatic N) is 2. The fourth-order valence-corrected chi connectivity index (χ4v) is 3.15. The summed E-state index contributed by atoms with van der Waals surface area (Å²) in [4.78, 5) is 6.65. The van der Waals surface area contributed by atoms with Crippen LogP contribution in [0.15, 0.2) is 41.4 Å². The van der Waals surface area contributed by atoms with Crippen LogP contribution in [0.3, 0.4) is 0 Å². The molecule has 0 saturated heterocycles. The van der Waals surface area contributed by atoms with E-state index in [0.29, 0.717) is 30.9 Å². The van der Waals surface area contributed by atoms with Gasteiger partial charge in [0.15, 0.2) is 0 Å². The van der Waals surface area contributed by atoms with Crippen molar-refractivity contribution in [2.45, 2.75) is 32.4 Å². The van der Waals surface area contributed by atoms with Crippen LogP contribution in [-0.2, 0) is 6.42 Å². The summed E-state index contributed by atoms with van der Waals surface area (Å²) in [5.74, 6) is 1.27. The molecule has 0 fully saturated rings. The molecular formula is C21H26FN3O2. The van der Waals surface area contributed by atoms with Crippen LogP contribution in [0.5, 0.6) is 5.75 Å². The third-order valence-electron chi connectivity index (χ3n) is 5.00. The van der Waals surface area contributed by atoms with Crippen LogP contribution < -0.4 is 10.5 Å². The number of aliphatic hydroxyl groups is 1. The zero-order valence-corrected chi connectivity index (χ0v) is 15.9. The van der Waals surface area contributed by atoms with Gasteiger partial charge in [0.05, 0.1) is 24.4 Å². The summed E-state index contributed by atoms with van der Waals surface area (Å²) in [6, 6.07) is 10.3. The number of amidine groups is 1. The average Bonchev–Trinajstić information content (AvgIpc) is 2.92. The zero-order valence-electron chi connectivity index (χ0n) is 15.9. The number of aryl methyl sites for hydroxylation is 1. The van der Waals surface area contributed by atoms with Crippen molar-refractivity contribution in [2.24, 2.45) is 10.7 Å². The molecule has 5 nitrogen and oxygen atoms in total. The molecule has 0 saturated carbocycles. The molecule has 1 aliphatic carbocycles. The SMILES string of the molecule is CC(=Nc1ccc2c(c1)[C@@H](N)[C@H](O)C2)N(C)CCOc1ccc(F)c(C)c1. The van der Waals surface area contributed by atoms with Gasteiger partial charge in [0.1, 0.15) is 24.0 Å². The van der Waals surface area contributed by atoms with Gasteiger partial charge in [-0.05, 0) is 60.9 Å². The van der Waals surface area contributed by atoms with Crippen LogP contribution in [-0.4, -0.2) is 42.1 Å². The standard InChI is InChI=1S/C21H26FN3O2/c1-13-10-17(6-7-19(13)22)27-9-8-25(3)14(2)24-16-5-4-15-11-20(26)21(23)18(15)12-16/h4-7,10,12,20-21,26H,8-9,11,23H2,1-3H3/t20-,21-/m1/s1. The minimum Gasteiger partial charge on any atom is -0.492 e. The predicted octanol–water partition coefficient (Wildman–Crippen LogP) is 3.11. The zero-order chi connectivity index (χ0) is 19.6. The highest BCUT2D eigenvalue weighted by molar-refractivity contribution is 5.82. The molecule has 3 N–H and O–H groups in total. The van der Waals surface area contributed by atoms with Crippen LogP contribution in [0.4, 0.5) is 10.1 Å². The first-order valence-corrected chi connectivity index (χ1v) is 9.07. The number of benzene rings is 2. The first-order valence-electron chi connectivity index (χ1n) is 9.07. The van der Waals surface area contributed by atoms with Crippen molar-refractivity contribution in [1.82, 2.24) is 4.90 Å². The number of halogens is 1. The van der Waals surface area contributed by atoms with Crippen LogP contribution in [0, 0.1) is 12.7 Å². The Hall–Kier alpha value is -2.44.